The summed E-state index contributed by atoms with van der Waals surface area (Å²) in [6, 6.07) is 22.5. The molecule has 0 aliphatic rings. The molecule has 170 valence electrons. The number of carbonyl (C=O) groups is 2. The second kappa shape index (κ2) is 11.5. The Hall–Kier alpha value is -4.06. The highest BCUT2D eigenvalue weighted by atomic mass is 16.5. The van der Waals surface area contributed by atoms with Crippen LogP contribution in [0.25, 0.3) is 6.08 Å². The molecule has 0 amide bonds. The van der Waals surface area contributed by atoms with E-state index < -0.39 is 18.0 Å². The van der Waals surface area contributed by atoms with Gasteiger partial charge in [0.05, 0.1) is 0 Å². The zero-order valence-electron chi connectivity index (χ0n) is 18.3. The Morgan fingerprint density at radius 2 is 1.70 bits per heavy atom. The molecule has 33 heavy (non-hydrogen) atoms. The quantitative estimate of drug-likeness (QED) is 0.369. The molecule has 2 N–H and O–H groups in total. The van der Waals surface area contributed by atoms with Gasteiger partial charge in [0.1, 0.15) is 24.2 Å². The van der Waals surface area contributed by atoms with Crippen molar-refractivity contribution in [2.24, 2.45) is 0 Å². The first-order valence-electron chi connectivity index (χ1n) is 10.6. The number of carboxylic acid groups (broad SMARTS) is 2. The van der Waals surface area contributed by atoms with Gasteiger partial charge in [-0.15, -0.1) is 0 Å². The molecule has 1 unspecified atom stereocenters. The lowest BCUT2D eigenvalue weighted by Crippen LogP contribution is -2.12. The van der Waals surface area contributed by atoms with Crippen LogP contribution >= 0.6 is 0 Å². The molecular formula is C27H26O6. The van der Waals surface area contributed by atoms with Gasteiger partial charge in [-0.2, -0.15) is 0 Å². The van der Waals surface area contributed by atoms with Crippen LogP contribution in [0.15, 0.2) is 78.9 Å². The van der Waals surface area contributed by atoms with Crippen LogP contribution in [0, 0.1) is 6.92 Å². The Bertz CT molecular complexity index is 1120. The topological polar surface area (TPSA) is 93.1 Å². The first-order chi connectivity index (χ1) is 15.9. The lowest BCUT2D eigenvalue weighted by Gasteiger charge is -2.22. The van der Waals surface area contributed by atoms with E-state index in [0.717, 1.165) is 22.8 Å². The molecule has 0 saturated carbocycles. The van der Waals surface area contributed by atoms with Gasteiger partial charge in [-0.3, -0.25) is 4.79 Å². The second-order valence-electron chi connectivity index (χ2n) is 7.54. The van der Waals surface area contributed by atoms with E-state index in [2.05, 4.69) is 0 Å². The Morgan fingerprint density at radius 1 is 0.970 bits per heavy atom. The third-order valence-corrected chi connectivity index (χ3v) is 5.06. The van der Waals surface area contributed by atoms with E-state index in [1.54, 1.807) is 18.2 Å². The van der Waals surface area contributed by atoms with Crippen LogP contribution in [0.2, 0.25) is 0 Å². The monoisotopic (exact) mass is 446 g/mol. The van der Waals surface area contributed by atoms with Gasteiger partial charge in [0.15, 0.2) is 0 Å². The molecule has 0 aromatic heterocycles. The SMILES string of the molecule is Cc1ccccc1C(CCC(=O)O)Oc1cc(OCc2ccccc2)ccc1/C=C/C(=O)O. The molecule has 0 bridgehead atoms. The van der Waals surface area contributed by atoms with Crippen LogP contribution in [-0.4, -0.2) is 22.2 Å². The largest absolute Gasteiger partial charge is 0.489 e. The van der Waals surface area contributed by atoms with Crippen LogP contribution in [0.4, 0.5) is 0 Å². The first kappa shape index (κ1) is 23.6. The van der Waals surface area contributed by atoms with Gasteiger partial charge in [-0.05, 0) is 48.2 Å². The highest BCUT2D eigenvalue weighted by Gasteiger charge is 2.19. The van der Waals surface area contributed by atoms with Crippen molar-refractivity contribution in [2.45, 2.75) is 32.5 Å². The van der Waals surface area contributed by atoms with Gasteiger partial charge < -0.3 is 19.7 Å². The molecule has 6 heteroatoms. The highest BCUT2D eigenvalue weighted by molar-refractivity contribution is 5.86. The predicted molar refractivity (Wildman–Crippen MR) is 125 cm³/mol. The summed E-state index contributed by atoms with van der Waals surface area (Å²) >= 11 is 0. The molecule has 6 nitrogen and oxygen atoms in total. The lowest BCUT2D eigenvalue weighted by atomic mass is 9.99. The van der Waals surface area contributed by atoms with Crippen LogP contribution in [0.3, 0.4) is 0 Å². The summed E-state index contributed by atoms with van der Waals surface area (Å²) in [5.41, 5.74) is 3.42. The van der Waals surface area contributed by atoms with Crippen molar-refractivity contribution in [2.75, 3.05) is 0 Å². The molecule has 0 fully saturated rings. The Balaban J connectivity index is 1.91. The maximum Gasteiger partial charge on any atom is 0.328 e. The number of hydrogen-bond donors (Lipinski definition) is 2. The van der Waals surface area contributed by atoms with Gasteiger partial charge in [-0.25, -0.2) is 4.79 Å². The van der Waals surface area contributed by atoms with Crippen LogP contribution in [0.5, 0.6) is 11.5 Å². The van der Waals surface area contributed by atoms with E-state index >= 15 is 0 Å². The average molecular weight is 446 g/mol. The molecule has 3 aromatic rings. The molecule has 0 aliphatic carbocycles. The number of benzene rings is 3. The molecule has 0 heterocycles. The standard InChI is InChI=1S/C27H26O6/c1-19-7-5-6-10-23(19)24(14-16-27(30)31)33-25-17-22(13-11-21(25)12-15-26(28)29)32-18-20-8-3-2-4-9-20/h2-13,15,17,24H,14,16,18H2,1H3,(H,28,29)(H,30,31)/b15-12+. The van der Waals surface area contributed by atoms with Gasteiger partial charge in [0.2, 0.25) is 0 Å². The third kappa shape index (κ3) is 7.25. The minimum atomic E-state index is -1.08. The Morgan fingerprint density at radius 3 is 2.39 bits per heavy atom. The molecule has 0 radical (unpaired) electrons. The summed E-state index contributed by atoms with van der Waals surface area (Å²) in [6.07, 6.45) is 2.15. The van der Waals surface area contributed by atoms with E-state index in [9.17, 15) is 14.7 Å². The van der Waals surface area contributed by atoms with Crippen molar-refractivity contribution < 1.29 is 29.3 Å². The maximum absolute atomic E-state index is 11.2. The number of carboxylic acids is 2. The van der Waals surface area contributed by atoms with E-state index in [4.69, 9.17) is 14.6 Å². The summed E-state index contributed by atoms with van der Waals surface area (Å²) in [4.78, 5) is 22.3. The van der Waals surface area contributed by atoms with Crippen molar-refractivity contribution in [3.8, 4) is 11.5 Å². The number of hydrogen-bond acceptors (Lipinski definition) is 4. The molecule has 1 atom stereocenters. The minimum Gasteiger partial charge on any atom is -0.489 e. The molecule has 0 spiro atoms. The fourth-order valence-corrected chi connectivity index (χ4v) is 3.38. The molecule has 3 aromatic carbocycles. The number of aliphatic carboxylic acids is 2. The predicted octanol–water partition coefficient (Wildman–Crippen LogP) is 5.66. The molecule has 3 rings (SSSR count). The number of rotatable bonds is 11. The fourth-order valence-electron chi connectivity index (χ4n) is 3.38. The van der Waals surface area contributed by atoms with E-state index in [1.165, 1.54) is 6.08 Å². The van der Waals surface area contributed by atoms with Gasteiger partial charge in [0.25, 0.3) is 0 Å². The highest BCUT2D eigenvalue weighted by Crippen LogP contribution is 2.33. The number of ether oxygens (including phenoxy) is 2. The molecule has 0 aliphatic heterocycles. The summed E-state index contributed by atoms with van der Waals surface area (Å²) in [5.74, 6) is -1.02. The Labute approximate surface area is 192 Å². The maximum atomic E-state index is 11.2. The van der Waals surface area contributed by atoms with Crippen molar-refractivity contribution in [3.05, 3.63) is 101 Å². The zero-order valence-corrected chi connectivity index (χ0v) is 18.3. The second-order valence-corrected chi connectivity index (χ2v) is 7.54. The van der Waals surface area contributed by atoms with E-state index in [1.807, 2.05) is 61.5 Å². The average Bonchev–Trinajstić information content (AvgIpc) is 2.80. The van der Waals surface area contributed by atoms with Gasteiger partial charge in [0, 0.05) is 24.1 Å². The smallest absolute Gasteiger partial charge is 0.328 e. The van der Waals surface area contributed by atoms with Crippen LogP contribution in [-0.2, 0) is 16.2 Å². The lowest BCUT2D eigenvalue weighted by molar-refractivity contribution is -0.137. The third-order valence-electron chi connectivity index (χ3n) is 5.06. The van der Waals surface area contributed by atoms with Gasteiger partial charge in [-0.1, -0.05) is 54.6 Å². The summed E-state index contributed by atoms with van der Waals surface area (Å²) < 4.78 is 12.2. The summed E-state index contributed by atoms with van der Waals surface area (Å²) in [7, 11) is 0. The summed E-state index contributed by atoms with van der Waals surface area (Å²) in [6.45, 7) is 2.31. The number of aryl methyl sites for hydroxylation is 1. The zero-order chi connectivity index (χ0) is 23.6. The van der Waals surface area contributed by atoms with Crippen molar-refractivity contribution in [3.63, 3.8) is 0 Å². The van der Waals surface area contributed by atoms with Crippen molar-refractivity contribution in [1.82, 2.24) is 0 Å². The Kier molecular flexibility index (Phi) is 8.24. The first-order valence-corrected chi connectivity index (χ1v) is 10.6. The minimum absolute atomic E-state index is 0.0660. The summed E-state index contributed by atoms with van der Waals surface area (Å²) in [5, 5.41) is 18.3. The van der Waals surface area contributed by atoms with E-state index in [-0.39, 0.29) is 12.8 Å². The molecular weight excluding hydrogens is 420 g/mol. The normalized spacial score (nSPS) is 11.8. The van der Waals surface area contributed by atoms with Gasteiger partial charge >= 0.3 is 11.9 Å². The fraction of sp³-hybridized carbons (Fsp3) is 0.185. The van der Waals surface area contributed by atoms with Crippen LogP contribution in [0.1, 0.15) is 41.2 Å². The molecule has 0 saturated heterocycles. The van der Waals surface area contributed by atoms with Crippen molar-refractivity contribution >= 4 is 18.0 Å². The van der Waals surface area contributed by atoms with E-state index in [0.29, 0.717) is 23.7 Å². The van der Waals surface area contributed by atoms with Crippen molar-refractivity contribution in [1.29, 1.82) is 0 Å². The van der Waals surface area contributed by atoms with Crippen LogP contribution < -0.4 is 9.47 Å².